The first kappa shape index (κ1) is 41.2. The number of hydrogen-bond acceptors (Lipinski definition) is 13. The summed E-state index contributed by atoms with van der Waals surface area (Å²) in [7, 11) is 1.16. The lowest BCUT2D eigenvalue weighted by Gasteiger charge is -2.36. The second-order valence-corrected chi connectivity index (χ2v) is 13.7. The first-order chi connectivity index (χ1) is 23.2. The first-order valence-electron chi connectivity index (χ1n) is 16.2. The Morgan fingerprint density at radius 2 is 1.46 bits per heavy atom. The van der Waals surface area contributed by atoms with Gasteiger partial charge in [0.1, 0.15) is 23.1 Å². The molecule has 1 saturated carbocycles. The van der Waals surface area contributed by atoms with Gasteiger partial charge in [0.2, 0.25) is 11.9 Å². The number of guanidine groups is 1. The molecule has 5 atom stereocenters. The molecule has 50 heavy (non-hydrogen) atoms. The van der Waals surface area contributed by atoms with Gasteiger partial charge in [-0.15, -0.1) is 0 Å². The van der Waals surface area contributed by atoms with Gasteiger partial charge in [-0.2, -0.15) is 0 Å². The Morgan fingerprint density at radius 3 is 1.88 bits per heavy atom. The van der Waals surface area contributed by atoms with Crippen LogP contribution in [0.1, 0.15) is 81.6 Å². The minimum atomic E-state index is -1.30. The summed E-state index contributed by atoms with van der Waals surface area (Å²) in [6.07, 6.45) is -3.43. The van der Waals surface area contributed by atoms with Crippen molar-refractivity contribution < 1.29 is 52.6 Å². The maximum atomic E-state index is 13.2. The fourth-order valence-electron chi connectivity index (χ4n) is 5.65. The summed E-state index contributed by atoms with van der Waals surface area (Å²) in [5.41, 5.74) is -2.06. The Labute approximate surface area is 291 Å². The molecule has 17 heteroatoms. The quantitative estimate of drug-likeness (QED) is 0.0556. The minimum absolute atomic E-state index is 0.0665. The molecule has 0 radical (unpaired) electrons. The van der Waals surface area contributed by atoms with Crippen LogP contribution in [0.15, 0.2) is 29.3 Å². The molecule has 3 amide bonds. The van der Waals surface area contributed by atoms with Gasteiger partial charge < -0.3 is 29.0 Å². The number of ether oxygens (including phenoxy) is 5. The van der Waals surface area contributed by atoms with Crippen molar-refractivity contribution in [2.45, 2.75) is 111 Å². The number of nitrogens with zero attached hydrogens (tertiary/aromatic N) is 2. The van der Waals surface area contributed by atoms with Crippen LogP contribution in [-0.2, 0) is 28.5 Å². The highest BCUT2D eigenvalue weighted by Crippen LogP contribution is 2.42. The van der Waals surface area contributed by atoms with Crippen LogP contribution in [0.5, 0.6) is 5.75 Å². The standard InChI is InChI=1S/C33H49N5O12/c1-11-19(12-2)25(34-18(3)39)24-23(35-28(36-29(41)49-32(4,5)6)37-30(42)50-33(7,8)9)17-22(27(40)46-10)26(24)48-31(43)47-21-15-13-20(14-16-21)38(44)45/h13-16,19,22-26H,11-12,17H2,1-10H3,(H,34,39)(H2,35,36,37,41,42)/t22-,23+,24+,25?,26+/m0/s1. The van der Waals surface area contributed by atoms with Crippen molar-refractivity contribution in [3.8, 4) is 5.75 Å². The SMILES string of the molecule is CCC(CC)C(NC(C)=O)[C@@H]1[C@H](OC(=O)Oc2ccc([N+](=O)[O-])cc2)[C@@H](C(=O)OC)C[C@H]1N=C(NC(=O)OC(C)(C)C)NC(=O)OC(C)(C)C. The van der Waals surface area contributed by atoms with Gasteiger partial charge in [0.25, 0.3) is 5.69 Å². The van der Waals surface area contributed by atoms with Crippen molar-refractivity contribution in [2.75, 3.05) is 7.11 Å². The van der Waals surface area contributed by atoms with Gasteiger partial charge in [0.15, 0.2) is 0 Å². The zero-order valence-electron chi connectivity index (χ0n) is 30.2. The van der Waals surface area contributed by atoms with Gasteiger partial charge >= 0.3 is 24.3 Å². The second-order valence-electron chi connectivity index (χ2n) is 13.7. The normalized spacial score (nSPS) is 19.3. The molecule has 0 aliphatic heterocycles. The molecule has 1 aromatic carbocycles. The van der Waals surface area contributed by atoms with E-state index in [1.54, 1.807) is 41.5 Å². The molecule has 0 saturated heterocycles. The summed E-state index contributed by atoms with van der Waals surface area (Å²) in [4.78, 5) is 79.9. The van der Waals surface area contributed by atoms with Gasteiger partial charge in [0, 0.05) is 31.0 Å². The molecule has 1 aliphatic rings. The molecule has 1 aromatic rings. The third kappa shape index (κ3) is 12.8. The largest absolute Gasteiger partial charge is 0.514 e. The monoisotopic (exact) mass is 707 g/mol. The zero-order chi connectivity index (χ0) is 38.0. The number of esters is 1. The molecule has 17 nitrogen and oxygen atoms in total. The Hall–Kier alpha value is -4.96. The van der Waals surface area contributed by atoms with E-state index in [0.29, 0.717) is 12.8 Å². The number of aliphatic imine (C=N–C) groups is 1. The number of non-ortho nitro benzene ring substituents is 1. The van der Waals surface area contributed by atoms with Crippen molar-refractivity contribution in [3.63, 3.8) is 0 Å². The van der Waals surface area contributed by atoms with E-state index in [1.807, 2.05) is 13.8 Å². The molecular weight excluding hydrogens is 658 g/mol. The molecule has 0 spiro atoms. The molecule has 1 aliphatic carbocycles. The van der Waals surface area contributed by atoms with E-state index < -0.39 is 76.4 Å². The number of rotatable bonds is 10. The average molecular weight is 708 g/mol. The fourth-order valence-corrected chi connectivity index (χ4v) is 5.65. The third-order valence-corrected chi connectivity index (χ3v) is 7.58. The van der Waals surface area contributed by atoms with E-state index >= 15 is 0 Å². The molecule has 0 heterocycles. The number of alkyl carbamates (subject to hydrolysis) is 2. The molecule has 278 valence electrons. The second kappa shape index (κ2) is 17.6. The van der Waals surface area contributed by atoms with Gasteiger partial charge in [-0.1, -0.05) is 26.7 Å². The van der Waals surface area contributed by atoms with E-state index in [4.69, 9.17) is 23.7 Å². The summed E-state index contributed by atoms with van der Waals surface area (Å²) >= 11 is 0. The lowest BCUT2D eigenvalue weighted by Crippen LogP contribution is -2.52. The summed E-state index contributed by atoms with van der Waals surface area (Å²) in [5.74, 6) is -3.90. The summed E-state index contributed by atoms with van der Waals surface area (Å²) < 4.78 is 26.9. The molecule has 1 fully saturated rings. The topological polar surface area (TPSA) is 223 Å². The van der Waals surface area contributed by atoms with E-state index in [2.05, 4.69) is 20.9 Å². The summed E-state index contributed by atoms with van der Waals surface area (Å²) in [6, 6.07) is 2.95. The fraction of sp³-hybridized carbons (Fsp3) is 0.636. The average Bonchev–Trinajstić information content (AvgIpc) is 3.31. The number of amides is 3. The number of hydrogen-bond donors (Lipinski definition) is 3. The molecule has 2 rings (SSSR count). The maximum Gasteiger partial charge on any atom is 0.514 e. The van der Waals surface area contributed by atoms with Crippen LogP contribution in [-0.4, -0.2) is 77.6 Å². The predicted octanol–water partition coefficient (Wildman–Crippen LogP) is 5.00. The van der Waals surface area contributed by atoms with Crippen LogP contribution < -0.4 is 20.7 Å². The molecular formula is C33H49N5O12. The van der Waals surface area contributed by atoms with Crippen LogP contribution in [0.3, 0.4) is 0 Å². The number of carbonyl (C=O) groups excluding carboxylic acids is 5. The van der Waals surface area contributed by atoms with E-state index in [1.165, 1.54) is 19.1 Å². The number of nitro benzene ring substituents is 1. The van der Waals surface area contributed by atoms with Crippen LogP contribution in [0.4, 0.5) is 20.1 Å². The Morgan fingerprint density at radius 1 is 0.940 bits per heavy atom. The number of nitro groups is 1. The number of nitrogens with one attached hydrogen (secondary N) is 3. The Balaban J connectivity index is 2.70. The lowest BCUT2D eigenvalue weighted by molar-refractivity contribution is -0.384. The Bertz CT molecular complexity index is 1380. The number of carbonyl (C=O) groups is 5. The molecule has 1 unspecified atom stereocenters. The highest BCUT2D eigenvalue weighted by molar-refractivity contribution is 6.01. The van der Waals surface area contributed by atoms with E-state index in [9.17, 15) is 34.1 Å². The van der Waals surface area contributed by atoms with Crippen LogP contribution >= 0.6 is 0 Å². The summed E-state index contributed by atoms with van der Waals surface area (Å²) in [6.45, 7) is 15.0. The smallest absolute Gasteiger partial charge is 0.469 e. The third-order valence-electron chi connectivity index (χ3n) is 7.58. The van der Waals surface area contributed by atoms with Crippen LogP contribution in [0, 0.1) is 27.9 Å². The molecule has 3 N–H and O–H groups in total. The van der Waals surface area contributed by atoms with Crippen molar-refractivity contribution in [1.29, 1.82) is 0 Å². The van der Waals surface area contributed by atoms with Crippen LogP contribution in [0.2, 0.25) is 0 Å². The zero-order valence-corrected chi connectivity index (χ0v) is 30.2. The van der Waals surface area contributed by atoms with Crippen molar-refractivity contribution in [1.82, 2.24) is 16.0 Å². The number of methoxy groups -OCH3 is 1. The van der Waals surface area contributed by atoms with Gasteiger partial charge in [-0.25, -0.2) is 19.4 Å². The highest BCUT2D eigenvalue weighted by Gasteiger charge is 2.54. The predicted molar refractivity (Wildman–Crippen MR) is 179 cm³/mol. The van der Waals surface area contributed by atoms with Crippen molar-refractivity contribution in [3.05, 3.63) is 34.4 Å². The van der Waals surface area contributed by atoms with E-state index in [-0.39, 0.29) is 29.7 Å². The first-order valence-corrected chi connectivity index (χ1v) is 16.2. The Kier molecular flexibility index (Phi) is 14.5. The maximum absolute atomic E-state index is 13.2. The molecule has 0 aromatic heterocycles. The van der Waals surface area contributed by atoms with E-state index in [0.717, 1.165) is 19.2 Å². The number of benzene rings is 1. The molecule has 0 bridgehead atoms. The van der Waals surface area contributed by atoms with Crippen LogP contribution in [0.25, 0.3) is 0 Å². The van der Waals surface area contributed by atoms with Gasteiger partial charge in [-0.05, 0) is 66.0 Å². The minimum Gasteiger partial charge on any atom is -0.469 e. The highest BCUT2D eigenvalue weighted by atomic mass is 16.7. The summed E-state index contributed by atoms with van der Waals surface area (Å²) in [5, 5.41) is 18.8. The lowest BCUT2D eigenvalue weighted by atomic mass is 9.80. The van der Waals surface area contributed by atoms with Gasteiger partial charge in [0.05, 0.1) is 24.0 Å². The van der Waals surface area contributed by atoms with Crippen molar-refractivity contribution >= 4 is 41.9 Å². The van der Waals surface area contributed by atoms with Gasteiger partial charge in [-0.3, -0.25) is 30.3 Å². The van der Waals surface area contributed by atoms with Crippen molar-refractivity contribution in [2.24, 2.45) is 22.7 Å².